The zero-order valence-corrected chi connectivity index (χ0v) is 12.4. The topological polar surface area (TPSA) is 75.6 Å². The van der Waals surface area contributed by atoms with Crippen LogP contribution >= 0.6 is 0 Å². The van der Waals surface area contributed by atoms with Crippen LogP contribution < -0.4 is 5.32 Å². The van der Waals surface area contributed by atoms with Crippen molar-refractivity contribution in [2.75, 3.05) is 11.9 Å². The molecule has 1 amide bonds. The number of benzene rings is 2. The standard InChI is InChI=1S/C17H17NO4/c1-11-3-6-13(7-4-11)18-16(20)10-22-17(21)14-8-5-12(2)9-15(14)19/h3-9,19H,10H2,1-2H3,(H,18,20). The molecule has 22 heavy (non-hydrogen) atoms. The quantitative estimate of drug-likeness (QED) is 0.851. The number of esters is 1. The smallest absolute Gasteiger partial charge is 0.342 e. The third-order valence-electron chi connectivity index (χ3n) is 3.04. The number of phenols is 1. The van der Waals surface area contributed by atoms with Crippen LogP contribution in [0.25, 0.3) is 0 Å². The number of anilines is 1. The summed E-state index contributed by atoms with van der Waals surface area (Å²) in [5.74, 6) is -1.34. The number of phenolic OH excluding ortho intramolecular Hbond substituents is 1. The second-order valence-corrected chi connectivity index (χ2v) is 5.01. The first-order chi connectivity index (χ1) is 10.5. The van der Waals surface area contributed by atoms with Gasteiger partial charge >= 0.3 is 5.97 Å². The van der Waals surface area contributed by atoms with Crippen LogP contribution in [-0.4, -0.2) is 23.6 Å². The van der Waals surface area contributed by atoms with E-state index < -0.39 is 18.5 Å². The van der Waals surface area contributed by atoms with Crippen molar-refractivity contribution in [3.8, 4) is 5.75 Å². The summed E-state index contributed by atoms with van der Waals surface area (Å²) in [6.45, 7) is 3.32. The molecule has 2 aromatic carbocycles. The first kappa shape index (κ1) is 15.6. The van der Waals surface area contributed by atoms with Crippen molar-refractivity contribution >= 4 is 17.6 Å². The SMILES string of the molecule is Cc1ccc(NC(=O)COC(=O)c2ccc(C)cc2O)cc1. The first-order valence-corrected chi connectivity index (χ1v) is 6.79. The Balaban J connectivity index is 1.90. The Hall–Kier alpha value is -2.82. The van der Waals surface area contributed by atoms with Crippen molar-refractivity contribution in [3.05, 3.63) is 59.2 Å². The van der Waals surface area contributed by atoms with Gasteiger partial charge in [0.15, 0.2) is 6.61 Å². The molecule has 0 bridgehead atoms. The largest absolute Gasteiger partial charge is 0.507 e. The zero-order chi connectivity index (χ0) is 16.1. The Morgan fingerprint density at radius 1 is 1.05 bits per heavy atom. The van der Waals surface area contributed by atoms with Crippen LogP contribution in [0.2, 0.25) is 0 Å². The molecule has 0 aliphatic rings. The van der Waals surface area contributed by atoms with E-state index in [0.717, 1.165) is 11.1 Å². The Morgan fingerprint density at radius 3 is 2.32 bits per heavy atom. The summed E-state index contributed by atoms with van der Waals surface area (Å²) in [4.78, 5) is 23.5. The average Bonchev–Trinajstić information content (AvgIpc) is 2.47. The van der Waals surface area contributed by atoms with Crippen LogP contribution in [-0.2, 0) is 9.53 Å². The molecule has 2 rings (SSSR count). The van der Waals surface area contributed by atoms with Crippen LogP contribution in [0.4, 0.5) is 5.69 Å². The lowest BCUT2D eigenvalue weighted by atomic mass is 10.1. The molecule has 0 aliphatic heterocycles. The lowest BCUT2D eigenvalue weighted by Crippen LogP contribution is -2.21. The van der Waals surface area contributed by atoms with Crippen molar-refractivity contribution in [2.24, 2.45) is 0 Å². The van der Waals surface area contributed by atoms with E-state index in [1.165, 1.54) is 12.1 Å². The van der Waals surface area contributed by atoms with Gasteiger partial charge in [-0.25, -0.2) is 4.79 Å². The second kappa shape index (κ2) is 6.76. The van der Waals surface area contributed by atoms with E-state index in [1.807, 2.05) is 19.1 Å². The molecule has 114 valence electrons. The maximum Gasteiger partial charge on any atom is 0.342 e. The molecule has 5 nitrogen and oxygen atoms in total. The summed E-state index contributed by atoms with van der Waals surface area (Å²) in [5.41, 5.74) is 2.57. The number of aryl methyl sites for hydroxylation is 2. The molecule has 0 unspecified atom stereocenters. The van der Waals surface area contributed by atoms with Crippen molar-refractivity contribution in [1.82, 2.24) is 0 Å². The molecule has 0 aliphatic carbocycles. The van der Waals surface area contributed by atoms with Crippen molar-refractivity contribution < 1.29 is 19.4 Å². The van der Waals surface area contributed by atoms with Crippen LogP contribution in [0.5, 0.6) is 5.75 Å². The molecule has 2 N–H and O–H groups in total. The highest BCUT2D eigenvalue weighted by Crippen LogP contribution is 2.19. The van der Waals surface area contributed by atoms with Gasteiger partial charge in [-0.3, -0.25) is 4.79 Å². The summed E-state index contributed by atoms with van der Waals surface area (Å²) >= 11 is 0. The number of amides is 1. The number of carbonyl (C=O) groups is 2. The Morgan fingerprint density at radius 2 is 1.68 bits per heavy atom. The van der Waals surface area contributed by atoms with Crippen LogP contribution in [0.15, 0.2) is 42.5 Å². The summed E-state index contributed by atoms with van der Waals surface area (Å²) < 4.78 is 4.90. The van der Waals surface area contributed by atoms with Gasteiger partial charge in [0.1, 0.15) is 11.3 Å². The highest BCUT2D eigenvalue weighted by molar-refractivity contribution is 5.96. The number of aromatic hydroxyl groups is 1. The first-order valence-electron chi connectivity index (χ1n) is 6.79. The third-order valence-corrected chi connectivity index (χ3v) is 3.04. The van der Waals surface area contributed by atoms with E-state index in [2.05, 4.69) is 5.32 Å². The molecular formula is C17H17NO4. The van der Waals surface area contributed by atoms with Gasteiger partial charge in [0.2, 0.25) is 0 Å². The van der Waals surface area contributed by atoms with Gasteiger partial charge in [-0.15, -0.1) is 0 Å². The van der Waals surface area contributed by atoms with Crippen molar-refractivity contribution in [2.45, 2.75) is 13.8 Å². The predicted molar refractivity (Wildman–Crippen MR) is 82.9 cm³/mol. The zero-order valence-electron chi connectivity index (χ0n) is 12.4. The summed E-state index contributed by atoms with van der Waals surface area (Å²) in [7, 11) is 0. The second-order valence-electron chi connectivity index (χ2n) is 5.01. The average molecular weight is 299 g/mol. The van der Waals surface area contributed by atoms with Gasteiger partial charge in [-0.2, -0.15) is 0 Å². The summed E-state index contributed by atoms with van der Waals surface area (Å²) in [6.07, 6.45) is 0. The third kappa shape index (κ3) is 4.09. The lowest BCUT2D eigenvalue weighted by molar-refractivity contribution is -0.119. The lowest BCUT2D eigenvalue weighted by Gasteiger charge is -2.08. The maximum absolute atomic E-state index is 11.8. The number of nitrogens with one attached hydrogen (secondary N) is 1. The predicted octanol–water partition coefficient (Wildman–Crippen LogP) is 2.80. The van der Waals surface area contributed by atoms with Crippen molar-refractivity contribution in [3.63, 3.8) is 0 Å². The molecule has 0 heterocycles. The van der Waals surface area contributed by atoms with Crippen molar-refractivity contribution in [1.29, 1.82) is 0 Å². The molecule has 0 aromatic heterocycles. The number of carbonyl (C=O) groups excluding carboxylic acids is 2. The van der Waals surface area contributed by atoms with Gasteiger partial charge in [0.05, 0.1) is 0 Å². The Bertz CT molecular complexity index is 692. The minimum atomic E-state index is -0.739. The minimum Gasteiger partial charge on any atom is -0.507 e. The fourth-order valence-corrected chi connectivity index (χ4v) is 1.86. The molecule has 0 atom stereocenters. The van der Waals surface area contributed by atoms with E-state index >= 15 is 0 Å². The maximum atomic E-state index is 11.8. The van der Waals surface area contributed by atoms with E-state index in [9.17, 15) is 14.7 Å². The molecule has 5 heteroatoms. The highest BCUT2D eigenvalue weighted by atomic mass is 16.5. The van der Waals surface area contributed by atoms with Gasteiger partial charge in [0, 0.05) is 5.69 Å². The molecular weight excluding hydrogens is 282 g/mol. The van der Waals surface area contributed by atoms with Gasteiger partial charge in [-0.1, -0.05) is 23.8 Å². The number of hydrogen-bond acceptors (Lipinski definition) is 4. The number of hydrogen-bond donors (Lipinski definition) is 2. The van der Waals surface area contributed by atoms with Crippen LogP contribution in [0, 0.1) is 13.8 Å². The molecule has 0 saturated heterocycles. The van der Waals surface area contributed by atoms with E-state index in [-0.39, 0.29) is 11.3 Å². The van der Waals surface area contributed by atoms with Gasteiger partial charge in [-0.05, 0) is 43.7 Å². The van der Waals surface area contributed by atoms with Gasteiger partial charge < -0.3 is 15.2 Å². The van der Waals surface area contributed by atoms with Crippen LogP contribution in [0.1, 0.15) is 21.5 Å². The number of rotatable bonds is 4. The Labute approximate surface area is 128 Å². The normalized spacial score (nSPS) is 10.1. The summed E-state index contributed by atoms with van der Waals surface area (Å²) in [6, 6.07) is 11.9. The number of ether oxygens (including phenoxy) is 1. The molecule has 2 aromatic rings. The fourth-order valence-electron chi connectivity index (χ4n) is 1.86. The fraction of sp³-hybridized carbons (Fsp3) is 0.176. The molecule has 0 fully saturated rings. The Kier molecular flexibility index (Phi) is 4.78. The van der Waals surface area contributed by atoms with E-state index in [4.69, 9.17) is 4.74 Å². The van der Waals surface area contributed by atoms with E-state index in [1.54, 1.807) is 25.1 Å². The monoisotopic (exact) mass is 299 g/mol. The molecule has 0 spiro atoms. The molecule has 0 saturated carbocycles. The minimum absolute atomic E-state index is 0.0359. The van der Waals surface area contributed by atoms with E-state index in [0.29, 0.717) is 5.69 Å². The van der Waals surface area contributed by atoms with Crippen LogP contribution in [0.3, 0.4) is 0 Å². The molecule has 0 radical (unpaired) electrons. The highest BCUT2D eigenvalue weighted by Gasteiger charge is 2.14. The summed E-state index contributed by atoms with van der Waals surface area (Å²) in [5, 5.41) is 12.3. The van der Waals surface area contributed by atoms with Gasteiger partial charge in [0.25, 0.3) is 5.91 Å².